The summed E-state index contributed by atoms with van der Waals surface area (Å²) >= 11 is 6.03. The summed E-state index contributed by atoms with van der Waals surface area (Å²) in [4.78, 5) is 4.13. The average Bonchev–Trinajstić information content (AvgIpc) is 2.61. The first-order valence-corrected chi connectivity index (χ1v) is 7.57. The lowest BCUT2D eigenvalue weighted by Crippen LogP contribution is -1.99. The number of hydrogen-bond donors (Lipinski definition) is 1. The molecule has 3 aromatic rings. The van der Waals surface area contributed by atoms with Crippen molar-refractivity contribution in [2.45, 2.75) is 6.54 Å². The second-order valence-corrected chi connectivity index (χ2v) is 5.51. The lowest BCUT2D eigenvalue weighted by atomic mass is 10.1. The lowest BCUT2D eigenvalue weighted by molar-refractivity contribution is 1.15. The van der Waals surface area contributed by atoms with E-state index in [1.165, 1.54) is 0 Å². The molecular weight excluding hydrogens is 306 g/mol. The topological polar surface area (TPSA) is 48.7 Å². The van der Waals surface area contributed by atoms with Gasteiger partial charge in [-0.05, 0) is 41.0 Å². The largest absolute Gasteiger partial charge is 0.381 e. The molecule has 0 atom stereocenters. The molecule has 1 aromatic heterocycles. The van der Waals surface area contributed by atoms with Gasteiger partial charge in [0.1, 0.15) is 6.07 Å². The minimum Gasteiger partial charge on any atom is -0.381 e. The molecule has 2 aromatic carbocycles. The molecule has 3 rings (SSSR count). The van der Waals surface area contributed by atoms with Gasteiger partial charge in [-0.25, -0.2) is 0 Å². The molecule has 0 spiro atoms. The fourth-order valence-corrected chi connectivity index (χ4v) is 2.49. The van der Waals surface area contributed by atoms with Crippen molar-refractivity contribution in [2.75, 3.05) is 5.32 Å². The minimum atomic E-state index is 0.462. The van der Waals surface area contributed by atoms with Crippen LogP contribution in [0.25, 0.3) is 11.1 Å². The number of anilines is 1. The van der Waals surface area contributed by atoms with E-state index in [1.807, 2.05) is 24.4 Å². The molecule has 0 radical (unpaired) electrons. The van der Waals surface area contributed by atoms with Crippen LogP contribution in [-0.4, -0.2) is 4.98 Å². The van der Waals surface area contributed by atoms with Crippen molar-refractivity contribution in [2.24, 2.45) is 0 Å². The van der Waals surface area contributed by atoms with Gasteiger partial charge in [0.2, 0.25) is 0 Å². The summed E-state index contributed by atoms with van der Waals surface area (Å²) in [5.74, 6) is 0. The van der Waals surface area contributed by atoms with Crippen molar-refractivity contribution < 1.29 is 0 Å². The zero-order valence-electron chi connectivity index (χ0n) is 12.3. The number of nitrogens with one attached hydrogen (secondary N) is 1. The molecule has 3 nitrogen and oxygen atoms in total. The molecule has 0 saturated heterocycles. The summed E-state index contributed by atoms with van der Waals surface area (Å²) in [6.07, 6.45) is 3.62. The van der Waals surface area contributed by atoms with E-state index in [0.717, 1.165) is 22.4 Å². The summed E-state index contributed by atoms with van der Waals surface area (Å²) in [5.41, 5.74) is 4.79. The number of aromatic nitrogens is 1. The average molecular weight is 320 g/mol. The van der Waals surface area contributed by atoms with E-state index in [2.05, 4.69) is 40.6 Å². The predicted molar refractivity (Wildman–Crippen MR) is 93.2 cm³/mol. The van der Waals surface area contributed by atoms with Crippen molar-refractivity contribution in [1.29, 1.82) is 5.26 Å². The number of halogens is 1. The number of rotatable bonds is 4. The third-order valence-electron chi connectivity index (χ3n) is 3.53. The molecule has 1 heterocycles. The van der Waals surface area contributed by atoms with Gasteiger partial charge in [0.15, 0.2) is 0 Å². The highest BCUT2D eigenvalue weighted by Gasteiger charge is 2.02. The van der Waals surface area contributed by atoms with E-state index in [0.29, 0.717) is 17.1 Å². The van der Waals surface area contributed by atoms with Crippen LogP contribution in [-0.2, 0) is 6.54 Å². The molecule has 0 aliphatic heterocycles. The van der Waals surface area contributed by atoms with Gasteiger partial charge in [-0.2, -0.15) is 5.26 Å². The highest BCUT2D eigenvalue weighted by molar-refractivity contribution is 6.32. The van der Waals surface area contributed by atoms with E-state index in [4.69, 9.17) is 16.9 Å². The summed E-state index contributed by atoms with van der Waals surface area (Å²) in [7, 11) is 0. The smallest absolute Gasteiger partial charge is 0.101 e. The molecule has 1 N–H and O–H groups in total. The summed E-state index contributed by atoms with van der Waals surface area (Å²) in [6.45, 7) is 0.690. The van der Waals surface area contributed by atoms with Gasteiger partial charge in [-0.3, -0.25) is 4.98 Å². The number of benzene rings is 2. The molecule has 0 fully saturated rings. The summed E-state index contributed by atoms with van der Waals surface area (Å²) < 4.78 is 0. The van der Waals surface area contributed by atoms with Crippen molar-refractivity contribution in [3.05, 3.63) is 83.1 Å². The first-order valence-electron chi connectivity index (χ1n) is 7.19. The molecule has 0 unspecified atom stereocenters. The molecule has 112 valence electrons. The zero-order chi connectivity index (χ0) is 16.1. The van der Waals surface area contributed by atoms with Gasteiger partial charge in [0.05, 0.1) is 10.6 Å². The molecule has 0 bridgehead atoms. The van der Waals surface area contributed by atoms with Crippen molar-refractivity contribution in [3.63, 3.8) is 0 Å². The van der Waals surface area contributed by atoms with E-state index in [1.54, 1.807) is 18.3 Å². The second kappa shape index (κ2) is 6.95. The van der Waals surface area contributed by atoms with E-state index in [9.17, 15) is 0 Å². The van der Waals surface area contributed by atoms with Crippen LogP contribution in [0.5, 0.6) is 0 Å². The van der Waals surface area contributed by atoms with Crippen LogP contribution in [0, 0.1) is 11.3 Å². The van der Waals surface area contributed by atoms with Gasteiger partial charge in [0, 0.05) is 24.6 Å². The minimum absolute atomic E-state index is 0.462. The van der Waals surface area contributed by atoms with Crippen molar-refractivity contribution in [1.82, 2.24) is 4.98 Å². The van der Waals surface area contributed by atoms with E-state index < -0.39 is 0 Å². The molecule has 4 heteroatoms. The number of hydrogen-bond acceptors (Lipinski definition) is 3. The van der Waals surface area contributed by atoms with Crippen LogP contribution in [0.1, 0.15) is 11.1 Å². The first kappa shape index (κ1) is 15.1. The third-order valence-corrected chi connectivity index (χ3v) is 3.85. The Morgan fingerprint density at radius 1 is 1.04 bits per heavy atom. The maximum Gasteiger partial charge on any atom is 0.101 e. The van der Waals surface area contributed by atoms with Crippen LogP contribution < -0.4 is 5.32 Å². The van der Waals surface area contributed by atoms with E-state index in [-0.39, 0.29) is 0 Å². The summed E-state index contributed by atoms with van der Waals surface area (Å²) in [5, 5.41) is 12.6. The van der Waals surface area contributed by atoms with Crippen LogP contribution in [0.2, 0.25) is 5.02 Å². The molecule has 0 saturated carbocycles. The number of pyridine rings is 1. The Balaban J connectivity index is 1.67. The zero-order valence-corrected chi connectivity index (χ0v) is 13.1. The number of nitrogens with zero attached hydrogens (tertiary/aromatic N) is 2. The molecule has 23 heavy (non-hydrogen) atoms. The van der Waals surface area contributed by atoms with Gasteiger partial charge >= 0.3 is 0 Å². The Hall–Kier alpha value is -2.83. The molecular formula is C19H14ClN3. The fourth-order valence-electron chi connectivity index (χ4n) is 2.27. The lowest BCUT2D eigenvalue weighted by Gasteiger charge is -2.08. The van der Waals surface area contributed by atoms with Crippen LogP contribution in [0.4, 0.5) is 5.69 Å². The third kappa shape index (κ3) is 3.68. The SMILES string of the molecule is N#Cc1ccc(NCc2ccc(-c3cccnc3)cc2)cc1Cl. The van der Waals surface area contributed by atoms with Gasteiger partial charge in [-0.1, -0.05) is 41.9 Å². The van der Waals surface area contributed by atoms with Crippen molar-refractivity contribution in [3.8, 4) is 17.2 Å². The Morgan fingerprint density at radius 2 is 1.87 bits per heavy atom. The quantitative estimate of drug-likeness (QED) is 0.745. The van der Waals surface area contributed by atoms with Crippen LogP contribution in [0.15, 0.2) is 67.0 Å². The fraction of sp³-hybridized carbons (Fsp3) is 0.0526. The Kier molecular flexibility index (Phi) is 4.56. The second-order valence-electron chi connectivity index (χ2n) is 5.10. The van der Waals surface area contributed by atoms with Gasteiger partial charge in [-0.15, -0.1) is 0 Å². The normalized spacial score (nSPS) is 10.1. The standard InChI is InChI=1S/C19H14ClN3/c20-19-10-18(8-7-16(19)11-21)23-12-14-3-5-15(6-4-14)17-2-1-9-22-13-17/h1-10,13,23H,12H2. The van der Waals surface area contributed by atoms with Crippen LogP contribution >= 0.6 is 11.6 Å². The Bertz CT molecular complexity index is 837. The molecule has 0 aliphatic rings. The highest BCUT2D eigenvalue weighted by atomic mass is 35.5. The predicted octanol–water partition coefficient (Wildman–Crippen LogP) is 4.89. The molecule has 0 aliphatic carbocycles. The highest BCUT2D eigenvalue weighted by Crippen LogP contribution is 2.22. The summed E-state index contributed by atoms with van der Waals surface area (Å²) in [6, 6.07) is 19.7. The van der Waals surface area contributed by atoms with Gasteiger partial charge < -0.3 is 5.32 Å². The van der Waals surface area contributed by atoms with Crippen molar-refractivity contribution >= 4 is 17.3 Å². The van der Waals surface area contributed by atoms with Gasteiger partial charge in [0.25, 0.3) is 0 Å². The Morgan fingerprint density at radius 3 is 2.52 bits per heavy atom. The maximum atomic E-state index is 8.88. The van der Waals surface area contributed by atoms with Crippen LogP contribution in [0.3, 0.4) is 0 Å². The monoisotopic (exact) mass is 319 g/mol. The number of nitriles is 1. The Labute approximate surface area is 140 Å². The maximum absolute atomic E-state index is 8.88. The molecule has 0 amide bonds. The van der Waals surface area contributed by atoms with E-state index >= 15 is 0 Å². The first-order chi connectivity index (χ1) is 11.3.